The third-order valence-electron chi connectivity index (χ3n) is 6.68. The Kier molecular flexibility index (Phi) is 12.5. The van der Waals surface area contributed by atoms with Gasteiger partial charge in [0.1, 0.15) is 0 Å². The molecule has 41 heavy (non-hydrogen) atoms. The average Bonchev–Trinajstić information content (AvgIpc) is 3.01. The lowest BCUT2D eigenvalue weighted by atomic mass is 9.89. The van der Waals surface area contributed by atoms with Crippen LogP contribution in [0, 0.1) is 5.92 Å². The fourth-order valence-electron chi connectivity index (χ4n) is 4.48. The van der Waals surface area contributed by atoms with Crippen molar-refractivity contribution in [3.63, 3.8) is 0 Å². The highest BCUT2D eigenvalue weighted by Gasteiger charge is 2.15. The number of carbonyl (C=O) groups excluding carboxylic acids is 1. The highest BCUT2D eigenvalue weighted by atomic mass is 16.5. The number of nitrogens with zero attached hydrogens (tertiary/aromatic N) is 4. The van der Waals surface area contributed by atoms with Gasteiger partial charge in [0.05, 0.1) is 26.4 Å². The van der Waals surface area contributed by atoms with E-state index in [1.807, 2.05) is 24.3 Å². The van der Waals surface area contributed by atoms with Gasteiger partial charge < -0.3 is 36.5 Å². The third kappa shape index (κ3) is 10.9. The number of carbonyl (C=O) groups is 1. The Morgan fingerprint density at radius 2 is 1.51 bits per heavy atom. The topological polar surface area (TPSA) is 161 Å². The lowest BCUT2D eigenvalue weighted by Gasteiger charge is -2.21. The number of rotatable bonds is 17. The minimum absolute atomic E-state index is 0.170. The molecule has 0 radical (unpaired) electrons. The Hall–Kier alpha value is -3.87. The van der Waals surface area contributed by atoms with Crippen molar-refractivity contribution in [1.82, 2.24) is 25.3 Å². The maximum Gasteiger partial charge on any atom is 0.251 e. The summed E-state index contributed by atoms with van der Waals surface area (Å²) < 4.78 is 10.7. The van der Waals surface area contributed by atoms with Crippen LogP contribution in [0.4, 0.5) is 23.5 Å². The zero-order chi connectivity index (χ0) is 28.5. The molecule has 0 spiro atoms. The van der Waals surface area contributed by atoms with Crippen LogP contribution in [0.25, 0.3) is 0 Å². The molecular formula is C29H41N9O3. The quantitative estimate of drug-likeness (QED) is 0.153. The van der Waals surface area contributed by atoms with Gasteiger partial charge in [0, 0.05) is 49.8 Å². The molecule has 2 heterocycles. The zero-order valence-electron chi connectivity index (χ0n) is 23.5. The van der Waals surface area contributed by atoms with Crippen LogP contribution in [0.5, 0.6) is 0 Å². The van der Waals surface area contributed by atoms with Crippen LogP contribution >= 0.6 is 0 Å². The van der Waals surface area contributed by atoms with E-state index in [0.717, 1.165) is 17.8 Å². The van der Waals surface area contributed by atoms with E-state index in [9.17, 15) is 4.79 Å². The monoisotopic (exact) mass is 563 g/mol. The second-order valence-corrected chi connectivity index (χ2v) is 9.87. The number of amides is 1. The first kappa shape index (κ1) is 30.1. The smallest absolute Gasteiger partial charge is 0.251 e. The number of anilines is 4. The third-order valence-corrected chi connectivity index (χ3v) is 6.68. The Bertz CT molecular complexity index is 1180. The molecule has 0 aliphatic heterocycles. The summed E-state index contributed by atoms with van der Waals surface area (Å²) in [6, 6.07) is 11.0. The molecule has 0 bridgehead atoms. The summed E-state index contributed by atoms with van der Waals surface area (Å²) >= 11 is 0. The van der Waals surface area contributed by atoms with Crippen molar-refractivity contribution in [2.24, 2.45) is 11.7 Å². The van der Waals surface area contributed by atoms with Gasteiger partial charge in [0.15, 0.2) is 0 Å². The molecule has 12 heteroatoms. The molecule has 1 aromatic carbocycles. The van der Waals surface area contributed by atoms with Gasteiger partial charge in [-0.05, 0) is 60.7 Å². The van der Waals surface area contributed by atoms with Crippen LogP contribution in [0.1, 0.15) is 48.0 Å². The van der Waals surface area contributed by atoms with Crippen LogP contribution < -0.4 is 27.0 Å². The molecule has 1 saturated carbocycles. The molecule has 2 aromatic heterocycles. The molecule has 4 rings (SSSR count). The number of nitrogens with two attached hydrogens (primary N) is 1. The molecular weight excluding hydrogens is 522 g/mol. The summed E-state index contributed by atoms with van der Waals surface area (Å²) in [6.07, 6.45) is 9.85. The van der Waals surface area contributed by atoms with E-state index in [1.165, 1.54) is 32.1 Å². The van der Waals surface area contributed by atoms with Crippen LogP contribution in [-0.4, -0.2) is 71.9 Å². The minimum Gasteiger partial charge on any atom is -0.378 e. The molecule has 0 unspecified atom stereocenters. The second-order valence-electron chi connectivity index (χ2n) is 9.87. The molecule has 0 saturated heterocycles. The molecule has 12 nitrogen and oxygen atoms in total. The van der Waals surface area contributed by atoms with Crippen LogP contribution in [0.15, 0.2) is 48.8 Å². The van der Waals surface area contributed by atoms with E-state index < -0.39 is 0 Å². The summed E-state index contributed by atoms with van der Waals surface area (Å²) in [5, 5.41) is 12.8. The number of hydrogen-bond donors (Lipinski definition) is 5. The normalized spacial score (nSPS) is 13.5. The average molecular weight is 564 g/mol. The van der Waals surface area contributed by atoms with Crippen molar-refractivity contribution in [2.45, 2.75) is 38.6 Å². The van der Waals surface area contributed by atoms with Gasteiger partial charge in [0.25, 0.3) is 5.91 Å². The highest BCUT2D eigenvalue weighted by Crippen LogP contribution is 2.24. The second kappa shape index (κ2) is 17.1. The first-order chi connectivity index (χ1) is 20.2. The SMILES string of the molecule is NCCOCCOCCNC(=O)c1ccc(Nc2nc(NCc3ccncc3)nc(NCC3CCCCC3)n2)cc1. The number of pyridine rings is 1. The lowest BCUT2D eigenvalue weighted by Crippen LogP contribution is -2.27. The van der Waals surface area contributed by atoms with E-state index in [1.54, 1.807) is 24.5 Å². The largest absolute Gasteiger partial charge is 0.378 e. The molecule has 1 amide bonds. The van der Waals surface area contributed by atoms with Crippen molar-refractivity contribution in [3.8, 4) is 0 Å². The molecule has 1 aliphatic rings. The number of hydrogen-bond acceptors (Lipinski definition) is 11. The Labute approximate surface area is 241 Å². The standard InChI is InChI=1S/C29H41N9O3/c30-12-16-40-18-19-41-17-15-32-26(39)24-6-8-25(9-7-24)35-29-37-27(33-20-22-4-2-1-3-5-22)36-28(38-29)34-21-23-10-13-31-14-11-23/h6-11,13-14,22H,1-5,12,15-21,30H2,(H,32,39)(H3,33,34,35,36,37,38). The van der Waals surface area contributed by atoms with Gasteiger partial charge in [-0.1, -0.05) is 19.3 Å². The van der Waals surface area contributed by atoms with Crippen molar-refractivity contribution >= 4 is 29.4 Å². The van der Waals surface area contributed by atoms with E-state index in [-0.39, 0.29) is 5.91 Å². The summed E-state index contributed by atoms with van der Waals surface area (Å²) in [5.41, 5.74) is 7.75. The van der Waals surface area contributed by atoms with Crippen LogP contribution in [0.3, 0.4) is 0 Å². The van der Waals surface area contributed by atoms with Gasteiger partial charge in [-0.25, -0.2) is 0 Å². The summed E-state index contributed by atoms with van der Waals surface area (Å²) in [4.78, 5) is 30.3. The van der Waals surface area contributed by atoms with Crippen molar-refractivity contribution in [2.75, 3.05) is 62.0 Å². The summed E-state index contributed by atoms with van der Waals surface area (Å²) in [6.45, 7) is 4.17. The van der Waals surface area contributed by atoms with Crippen LogP contribution in [-0.2, 0) is 16.0 Å². The van der Waals surface area contributed by atoms with Gasteiger partial charge in [0.2, 0.25) is 17.8 Å². The number of ether oxygens (including phenoxy) is 2. The predicted octanol–water partition coefficient (Wildman–Crippen LogP) is 3.34. The number of nitrogens with one attached hydrogen (secondary N) is 4. The van der Waals surface area contributed by atoms with Gasteiger partial charge >= 0.3 is 0 Å². The van der Waals surface area contributed by atoms with Crippen molar-refractivity contribution in [1.29, 1.82) is 0 Å². The summed E-state index contributed by atoms with van der Waals surface area (Å²) in [5.74, 6) is 1.86. The maximum atomic E-state index is 12.5. The first-order valence-electron chi connectivity index (χ1n) is 14.3. The predicted molar refractivity (Wildman–Crippen MR) is 159 cm³/mol. The fraction of sp³-hybridized carbons (Fsp3) is 0.483. The fourth-order valence-corrected chi connectivity index (χ4v) is 4.48. The number of benzene rings is 1. The Morgan fingerprint density at radius 1 is 0.829 bits per heavy atom. The molecule has 220 valence electrons. The Balaban J connectivity index is 1.32. The minimum atomic E-state index is -0.170. The van der Waals surface area contributed by atoms with Gasteiger partial charge in [-0.3, -0.25) is 9.78 Å². The molecule has 1 fully saturated rings. The number of aromatic nitrogens is 4. The maximum absolute atomic E-state index is 12.5. The van der Waals surface area contributed by atoms with Gasteiger partial charge in [-0.15, -0.1) is 0 Å². The molecule has 1 aliphatic carbocycles. The Morgan fingerprint density at radius 3 is 2.24 bits per heavy atom. The van der Waals surface area contributed by atoms with E-state index >= 15 is 0 Å². The van der Waals surface area contributed by atoms with E-state index in [0.29, 0.717) is 75.4 Å². The van der Waals surface area contributed by atoms with E-state index in [4.69, 9.17) is 15.2 Å². The lowest BCUT2D eigenvalue weighted by molar-refractivity contribution is 0.0511. The van der Waals surface area contributed by atoms with E-state index in [2.05, 4.69) is 41.2 Å². The molecule has 6 N–H and O–H groups in total. The molecule has 3 aromatic rings. The van der Waals surface area contributed by atoms with Crippen molar-refractivity contribution in [3.05, 3.63) is 59.9 Å². The van der Waals surface area contributed by atoms with Gasteiger partial charge in [-0.2, -0.15) is 15.0 Å². The zero-order valence-corrected chi connectivity index (χ0v) is 23.5. The molecule has 0 atom stereocenters. The van der Waals surface area contributed by atoms with Crippen LogP contribution in [0.2, 0.25) is 0 Å². The first-order valence-corrected chi connectivity index (χ1v) is 14.3. The summed E-state index contributed by atoms with van der Waals surface area (Å²) in [7, 11) is 0. The highest BCUT2D eigenvalue weighted by molar-refractivity contribution is 5.94. The van der Waals surface area contributed by atoms with Crippen molar-refractivity contribution < 1.29 is 14.3 Å².